The Morgan fingerprint density at radius 3 is 2.25 bits per heavy atom. The highest BCUT2D eigenvalue weighted by molar-refractivity contribution is 7.90. The SMILES string of the molecule is CCc1nc(C(F)F)c(CC)n1-c1ccc(-c2cccc(S(C)(=O)=O)c2)cc1-n1nncc1-c1ccc(Cl)cc1. The van der Waals surface area contributed by atoms with E-state index in [0.29, 0.717) is 57.6 Å². The number of imidazole rings is 1. The van der Waals surface area contributed by atoms with Gasteiger partial charge < -0.3 is 0 Å². The molecule has 0 radical (unpaired) electrons. The quantitative estimate of drug-likeness (QED) is 0.199. The first-order valence-corrected chi connectivity index (χ1v) is 14.9. The molecular formula is C29H26ClF2N5O2S. The highest BCUT2D eigenvalue weighted by Crippen LogP contribution is 2.35. The number of sulfone groups is 1. The van der Waals surface area contributed by atoms with Crippen LogP contribution >= 0.6 is 11.6 Å². The summed E-state index contributed by atoms with van der Waals surface area (Å²) in [4.78, 5) is 4.48. The van der Waals surface area contributed by atoms with Gasteiger partial charge in [-0.25, -0.2) is 26.9 Å². The third-order valence-corrected chi connectivity index (χ3v) is 8.02. The molecule has 7 nitrogen and oxygen atoms in total. The lowest BCUT2D eigenvalue weighted by atomic mass is 10.0. The zero-order valence-electron chi connectivity index (χ0n) is 22.0. The largest absolute Gasteiger partial charge is 0.298 e. The van der Waals surface area contributed by atoms with Crippen molar-refractivity contribution in [1.82, 2.24) is 24.5 Å². The Balaban J connectivity index is 1.80. The van der Waals surface area contributed by atoms with Crippen molar-refractivity contribution in [2.75, 3.05) is 6.26 Å². The molecule has 0 spiro atoms. The molecule has 0 amide bonds. The van der Waals surface area contributed by atoms with Crippen LogP contribution in [-0.4, -0.2) is 39.2 Å². The molecule has 0 bridgehead atoms. The van der Waals surface area contributed by atoms with Crippen molar-refractivity contribution in [3.63, 3.8) is 0 Å². The summed E-state index contributed by atoms with van der Waals surface area (Å²) < 4.78 is 55.9. The summed E-state index contributed by atoms with van der Waals surface area (Å²) in [6.45, 7) is 3.69. The molecule has 0 saturated carbocycles. The van der Waals surface area contributed by atoms with E-state index in [0.717, 1.165) is 11.8 Å². The fraction of sp³-hybridized carbons (Fsp3) is 0.207. The number of aromatic nitrogens is 5. The first-order valence-electron chi connectivity index (χ1n) is 12.6. The van der Waals surface area contributed by atoms with Gasteiger partial charge in [0.1, 0.15) is 11.5 Å². The van der Waals surface area contributed by atoms with Crippen molar-refractivity contribution in [2.45, 2.75) is 38.0 Å². The first kappa shape index (κ1) is 27.7. The third-order valence-electron chi connectivity index (χ3n) is 6.66. The van der Waals surface area contributed by atoms with E-state index in [4.69, 9.17) is 11.6 Å². The lowest BCUT2D eigenvalue weighted by Gasteiger charge is -2.18. The van der Waals surface area contributed by atoms with Crippen molar-refractivity contribution >= 4 is 21.4 Å². The van der Waals surface area contributed by atoms with Gasteiger partial charge in [0, 0.05) is 23.3 Å². The van der Waals surface area contributed by atoms with Crippen LogP contribution in [-0.2, 0) is 22.7 Å². The van der Waals surface area contributed by atoms with Crippen molar-refractivity contribution in [3.05, 3.63) is 95.2 Å². The average Bonchev–Trinajstić information content (AvgIpc) is 3.58. The van der Waals surface area contributed by atoms with Gasteiger partial charge in [0.15, 0.2) is 9.84 Å². The molecule has 0 fully saturated rings. The fourth-order valence-electron chi connectivity index (χ4n) is 4.76. The molecule has 5 aromatic rings. The molecule has 0 aliphatic heterocycles. The van der Waals surface area contributed by atoms with E-state index < -0.39 is 16.3 Å². The maximum atomic E-state index is 14.0. The van der Waals surface area contributed by atoms with Crippen molar-refractivity contribution in [2.24, 2.45) is 0 Å². The van der Waals surface area contributed by atoms with Gasteiger partial charge >= 0.3 is 0 Å². The van der Waals surface area contributed by atoms with E-state index in [9.17, 15) is 17.2 Å². The van der Waals surface area contributed by atoms with Crippen molar-refractivity contribution < 1.29 is 17.2 Å². The van der Waals surface area contributed by atoms with Gasteiger partial charge in [0.2, 0.25) is 0 Å². The van der Waals surface area contributed by atoms with Crippen LogP contribution < -0.4 is 0 Å². The predicted octanol–water partition coefficient (Wildman–Crippen LogP) is 6.91. The number of nitrogens with zero attached hydrogens (tertiary/aromatic N) is 5. The van der Waals surface area contributed by atoms with Gasteiger partial charge in [-0.05, 0) is 53.9 Å². The second kappa shape index (κ2) is 10.9. The maximum Gasteiger partial charge on any atom is 0.282 e. The zero-order valence-corrected chi connectivity index (χ0v) is 23.6. The number of aryl methyl sites for hydroxylation is 1. The van der Waals surface area contributed by atoms with Gasteiger partial charge in [-0.2, -0.15) is 0 Å². The van der Waals surface area contributed by atoms with E-state index in [2.05, 4.69) is 15.3 Å². The minimum Gasteiger partial charge on any atom is -0.298 e. The second-order valence-electron chi connectivity index (χ2n) is 9.24. The third kappa shape index (κ3) is 5.16. The second-order valence-corrected chi connectivity index (χ2v) is 11.7. The molecular weight excluding hydrogens is 556 g/mol. The number of halogens is 3. The van der Waals surface area contributed by atoms with Gasteiger partial charge in [-0.15, -0.1) is 5.10 Å². The summed E-state index contributed by atoms with van der Waals surface area (Å²) in [6, 6.07) is 19.4. The summed E-state index contributed by atoms with van der Waals surface area (Å²) >= 11 is 6.11. The Kier molecular flexibility index (Phi) is 7.57. The van der Waals surface area contributed by atoms with Gasteiger partial charge in [-0.1, -0.05) is 61.0 Å². The summed E-state index contributed by atoms with van der Waals surface area (Å²) in [6.07, 6.45) is 0.819. The van der Waals surface area contributed by atoms with Crippen LogP contribution in [0.4, 0.5) is 8.78 Å². The highest BCUT2D eigenvalue weighted by Gasteiger charge is 2.25. The molecule has 11 heteroatoms. The van der Waals surface area contributed by atoms with Crippen molar-refractivity contribution in [3.8, 4) is 33.8 Å². The topological polar surface area (TPSA) is 82.7 Å². The molecule has 0 N–H and O–H groups in total. The van der Waals surface area contributed by atoms with E-state index >= 15 is 0 Å². The molecule has 206 valence electrons. The van der Waals surface area contributed by atoms with E-state index in [1.165, 1.54) is 0 Å². The smallest absolute Gasteiger partial charge is 0.282 e. The molecule has 0 aliphatic carbocycles. The zero-order chi connectivity index (χ0) is 28.6. The summed E-state index contributed by atoms with van der Waals surface area (Å²) in [5, 5.41) is 9.11. The van der Waals surface area contributed by atoms with Gasteiger partial charge in [0.25, 0.3) is 6.43 Å². The van der Waals surface area contributed by atoms with Crippen LogP contribution in [0.25, 0.3) is 33.8 Å². The van der Waals surface area contributed by atoms with Crippen LogP contribution in [0.15, 0.2) is 77.8 Å². The van der Waals surface area contributed by atoms with Crippen LogP contribution in [0.1, 0.15) is 37.5 Å². The molecule has 2 heterocycles. The average molecular weight is 582 g/mol. The Morgan fingerprint density at radius 1 is 0.900 bits per heavy atom. The maximum absolute atomic E-state index is 14.0. The number of hydrogen-bond acceptors (Lipinski definition) is 5. The lowest BCUT2D eigenvalue weighted by Crippen LogP contribution is -2.11. The van der Waals surface area contributed by atoms with E-state index in [1.807, 2.05) is 50.2 Å². The Hall–Kier alpha value is -3.89. The number of alkyl halides is 2. The number of benzene rings is 3. The normalized spacial score (nSPS) is 11.9. The molecule has 2 aromatic heterocycles. The van der Waals surface area contributed by atoms with Crippen LogP contribution in [0.3, 0.4) is 0 Å². The molecule has 0 aliphatic rings. The minimum atomic E-state index is -3.43. The van der Waals surface area contributed by atoms with Gasteiger partial charge in [-0.3, -0.25) is 4.57 Å². The summed E-state index contributed by atoms with van der Waals surface area (Å²) in [5.74, 6) is 0.494. The molecule has 0 saturated heterocycles. The molecule has 0 atom stereocenters. The molecule has 3 aromatic carbocycles. The lowest BCUT2D eigenvalue weighted by molar-refractivity contribution is 0.145. The van der Waals surface area contributed by atoms with Crippen LogP contribution in [0, 0.1) is 0 Å². The number of rotatable bonds is 8. The van der Waals surface area contributed by atoms with Crippen LogP contribution in [0.5, 0.6) is 0 Å². The Morgan fingerprint density at radius 2 is 1.60 bits per heavy atom. The Bertz CT molecular complexity index is 1800. The standard InChI is InChI=1S/C29H26ClF2N5O2S/c1-4-23-28(29(31)32)34-27(5-2)36(23)24-14-11-20(19-7-6-8-22(15-19)40(3,38)39)16-25(24)37-26(17-33-35-37)18-9-12-21(30)13-10-18/h6-17,29H,4-5H2,1-3H3. The molecule has 5 rings (SSSR count). The monoisotopic (exact) mass is 581 g/mol. The first-order chi connectivity index (χ1) is 19.1. The highest BCUT2D eigenvalue weighted by atomic mass is 35.5. The minimum absolute atomic E-state index is 0.191. The van der Waals surface area contributed by atoms with Crippen molar-refractivity contribution in [1.29, 1.82) is 0 Å². The summed E-state index contributed by atoms with van der Waals surface area (Å²) in [5.41, 5.74) is 4.17. The molecule has 40 heavy (non-hydrogen) atoms. The molecule has 0 unspecified atom stereocenters. The summed E-state index contributed by atoms with van der Waals surface area (Å²) in [7, 11) is -3.43. The van der Waals surface area contributed by atoms with E-state index in [-0.39, 0.29) is 10.6 Å². The Labute approximate surface area is 236 Å². The fourth-order valence-corrected chi connectivity index (χ4v) is 5.55. The van der Waals surface area contributed by atoms with Gasteiger partial charge in [0.05, 0.1) is 33.9 Å². The van der Waals surface area contributed by atoms with E-state index in [1.54, 1.807) is 45.8 Å². The van der Waals surface area contributed by atoms with Crippen LogP contribution in [0.2, 0.25) is 5.02 Å². The predicted molar refractivity (Wildman–Crippen MR) is 151 cm³/mol. The number of hydrogen-bond donors (Lipinski definition) is 0.